The summed E-state index contributed by atoms with van der Waals surface area (Å²) in [7, 11) is -4.78. The van der Waals surface area contributed by atoms with Gasteiger partial charge in [0.15, 0.2) is 15.1 Å². The van der Waals surface area contributed by atoms with E-state index in [-0.39, 0.29) is 32.4 Å². The van der Waals surface area contributed by atoms with Crippen molar-refractivity contribution in [3.05, 3.63) is 87.5 Å². The Kier molecular flexibility index (Phi) is 8.88. The first kappa shape index (κ1) is 31.3. The predicted octanol–water partition coefficient (Wildman–Crippen LogP) is 4.12. The number of thiazole rings is 1. The molecule has 1 saturated carbocycles. The van der Waals surface area contributed by atoms with Gasteiger partial charge in [-0.15, -0.1) is 11.3 Å². The molecular formula is C29H26F4N4O5S2. The lowest BCUT2D eigenvalue weighted by Gasteiger charge is -2.16. The number of benzene rings is 2. The highest BCUT2D eigenvalue weighted by Gasteiger charge is 2.40. The maximum absolute atomic E-state index is 15.2. The minimum atomic E-state index is -4.81. The standard InChI is InChI=1S/C29H26F4N4O5S2/c30-21-14-22-23(13-20(21)18-8-10-37(25(39)12-18)16-17-4-2-1-3-5-17)43-28(36-22)26(44(41,42)11-9-29(31,32)33)27(40)34-15-24(38)35-19-6-7-19/h1-5,8,10,12-14,19,26H,6-7,9,11,15-16H2,(H,34,40)(H,35,38). The van der Waals surface area contributed by atoms with Gasteiger partial charge in [-0.2, -0.15) is 13.2 Å². The lowest BCUT2D eigenvalue weighted by Crippen LogP contribution is -2.41. The molecule has 15 heteroatoms. The zero-order valence-corrected chi connectivity index (χ0v) is 24.6. The van der Waals surface area contributed by atoms with Gasteiger partial charge in [-0.05, 0) is 36.1 Å². The minimum Gasteiger partial charge on any atom is -0.352 e. The summed E-state index contributed by atoms with van der Waals surface area (Å²) in [5.41, 5.74) is 0.712. The monoisotopic (exact) mass is 650 g/mol. The van der Waals surface area contributed by atoms with Gasteiger partial charge in [0.2, 0.25) is 11.8 Å². The molecular weight excluding hydrogens is 624 g/mol. The molecule has 9 nitrogen and oxygen atoms in total. The number of sulfone groups is 1. The largest absolute Gasteiger partial charge is 0.390 e. The Labute approximate surface area is 252 Å². The molecule has 0 bridgehead atoms. The third kappa shape index (κ3) is 7.69. The van der Waals surface area contributed by atoms with Crippen molar-refractivity contribution >= 4 is 43.2 Å². The molecule has 1 unspecified atom stereocenters. The lowest BCUT2D eigenvalue weighted by molar-refractivity contribution is -0.130. The van der Waals surface area contributed by atoms with Crippen molar-refractivity contribution < 1.29 is 35.6 Å². The van der Waals surface area contributed by atoms with Crippen molar-refractivity contribution in [3.8, 4) is 11.1 Å². The van der Waals surface area contributed by atoms with Crippen LogP contribution in [-0.4, -0.2) is 54.3 Å². The van der Waals surface area contributed by atoms with E-state index in [0.717, 1.165) is 24.5 Å². The maximum atomic E-state index is 15.2. The molecule has 1 atom stereocenters. The summed E-state index contributed by atoms with van der Waals surface area (Å²) in [5.74, 6) is -3.97. The van der Waals surface area contributed by atoms with Gasteiger partial charge in [-0.3, -0.25) is 14.4 Å². The highest BCUT2D eigenvalue weighted by Crippen LogP contribution is 2.36. The number of pyridine rings is 1. The van der Waals surface area contributed by atoms with Crippen molar-refractivity contribution in [1.29, 1.82) is 0 Å². The fourth-order valence-corrected chi connectivity index (χ4v) is 7.53. The first-order valence-electron chi connectivity index (χ1n) is 13.5. The molecule has 0 radical (unpaired) electrons. The van der Waals surface area contributed by atoms with Crippen LogP contribution in [0, 0.1) is 5.82 Å². The van der Waals surface area contributed by atoms with E-state index in [1.807, 2.05) is 30.3 Å². The molecule has 4 aromatic rings. The molecule has 232 valence electrons. The number of nitrogens with one attached hydrogen (secondary N) is 2. The summed E-state index contributed by atoms with van der Waals surface area (Å²) in [6.07, 6.45) is -3.45. The summed E-state index contributed by atoms with van der Waals surface area (Å²) in [4.78, 5) is 42.0. The van der Waals surface area contributed by atoms with E-state index >= 15 is 4.39 Å². The van der Waals surface area contributed by atoms with Crippen LogP contribution in [0.1, 0.15) is 35.1 Å². The van der Waals surface area contributed by atoms with Crippen LogP contribution < -0.4 is 16.2 Å². The summed E-state index contributed by atoms with van der Waals surface area (Å²) in [6.45, 7) is -0.283. The van der Waals surface area contributed by atoms with E-state index in [1.165, 1.54) is 22.9 Å². The molecule has 0 saturated heterocycles. The summed E-state index contributed by atoms with van der Waals surface area (Å²) < 4.78 is 81.8. The minimum absolute atomic E-state index is 0.00865. The third-order valence-electron chi connectivity index (χ3n) is 6.85. The van der Waals surface area contributed by atoms with Gasteiger partial charge < -0.3 is 15.2 Å². The van der Waals surface area contributed by atoms with E-state index in [2.05, 4.69) is 15.6 Å². The molecule has 1 aliphatic carbocycles. The van der Waals surface area contributed by atoms with Gasteiger partial charge in [0.25, 0.3) is 5.56 Å². The number of hydrogen-bond acceptors (Lipinski definition) is 7. The number of nitrogens with zero attached hydrogens (tertiary/aromatic N) is 2. The Morgan fingerprint density at radius 1 is 1.09 bits per heavy atom. The van der Waals surface area contributed by atoms with Crippen LogP contribution in [0.3, 0.4) is 0 Å². The van der Waals surface area contributed by atoms with E-state index in [4.69, 9.17) is 0 Å². The fraction of sp³-hybridized carbons (Fsp3) is 0.310. The number of halogens is 4. The summed E-state index contributed by atoms with van der Waals surface area (Å²) in [5, 5.41) is 2.25. The van der Waals surface area contributed by atoms with Crippen LogP contribution in [0.5, 0.6) is 0 Å². The molecule has 2 amide bonds. The Morgan fingerprint density at radius 2 is 1.82 bits per heavy atom. The first-order chi connectivity index (χ1) is 20.8. The molecule has 0 spiro atoms. The molecule has 1 fully saturated rings. The van der Waals surface area contributed by atoms with Crippen molar-refractivity contribution in [2.75, 3.05) is 12.3 Å². The van der Waals surface area contributed by atoms with E-state index in [9.17, 15) is 36.0 Å². The van der Waals surface area contributed by atoms with Crippen LogP contribution in [-0.2, 0) is 26.0 Å². The van der Waals surface area contributed by atoms with Crippen molar-refractivity contribution in [2.24, 2.45) is 0 Å². The Morgan fingerprint density at radius 3 is 2.48 bits per heavy atom. The van der Waals surface area contributed by atoms with Crippen LogP contribution in [0.2, 0.25) is 0 Å². The van der Waals surface area contributed by atoms with Gasteiger partial charge in [0.05, 0.1) is 35.5 Å². The van der Waals surface area contributed by atoms with Gasteiger partial charge in [-0.1, -0.05) is 30.3 Å². The number of hydrogen-bond donors (Lipinski definition) is 2. The van der Waals surface area contributed by atoms with Crippen molar-refractivity contribution in [3.63, 3.8) is 0 Å². The number of carbonyl (C=O) groups is 2. The van der Waals surface area contributed by atoms with Gasteiger partial charge in [-0.25, -0.2) is 17.8 Å². The highest BCUT2D eigenvalue weighted by atomic mass is 32.2. The lowest BCUT2D eigenvalue weighted by atomic mass is 10.1. The molecule has 2 N–H and O–H groups in total. The van der Waals surface area contributed by atoms with Crippen LogP contribution in [0.25, 0.3) is 21.3 Å². The second-order valence-corrected chi connectivity index (χ2v) is 13.7. The predicted molar refractivity (Wildman–Crippen MR) is 156 cm³/mol. The molecule has 5 rings (SSSR count). The van der Waals surface area contributed by atoms with Crippen molar-refractivity contribution in [1.82, 2.24) is 20.2 Å². The molecule has 0 aliphatic heterocycles. The number of amides is 2. The second-order valence-electron chi connectivity index (χ2n) is 10.4. The van der Waals surface area contributed by atoms with Crippen molar-refractivity contribution in [2.45, 2.75) is 43.3 Å². The van der Waals surface area contributed by atoms with E-state index in [0.29, 0.717) is 17.9 Å². The number of aromatic nitrogens is 2. The number of carbonyl (C=O) groups excluding carboxylic acids is 2. The van der Waals surface area contributed by atoms with Gasteiger partial charge in [0.1, 0.15) is 10.8 Å². The topological polar surface area (TPSA) is 127 Å². The van der Waals surface area contributed by atoms with Crippen LogP contribution in [0.4, 0.5) is 17.6 Å². The molecule has 2 aromatic carbocycles. The quantitative estimate of drug-likeness (QED) is 0.235. The van der Waals surface area contributed by atoms with E-state index < -0.39 is 63.2 Å². The number of fused-ring (bicyclic) bond motifs is 1. The van der Waals surface area contributed by atoms with E-state index in [1.54, 1.807) is 6.07 Å². The molecule has 1 aliphatic rings. The summed E-state index contributed by atoms with van der Waals surface area (Å²) >= 11 is 0.693. The second kappa shape index (κ2) is 12.5. The average Bonchev–Trinajstić information content (AvgIpc) is 3.68. The Bertz CT molecular complexity index is 1870. The smallest absolute Gasteiger partial charge is 0.352 e. The number of rotatable bonds is 11. The normalized spacial score (nSPS) is 14.4. The van der Waals surface area contributed by atoms with Gasteiger partial charge >= 0.3 is 6.18 Å². The first-order valence-corrected chi connectivity index (χ1v) is 16.0. The molecule has 2 heterocycles. The SMILES string of the molecule is O=C(CNC(=O)C(c1nc2cc(F)c(-c3ccn(Cc4ccccc4)c(=O)c3)cc2s1)S(=O)(=O)CCC(F)(F)F)NC1CC1. The van der Waals surface area contributed by atoms with Crippen LogP contribution in [0.15, 0.2) is 65.6 Å². The summed E-state index contributed by atoms with van der Waals surface area (Å²) in [6, 6.07) is 14.3. The zero-order valence-electron chi connectivity index (χ0n) is 22.9. The highest BCUT2D eigenvalue weighted by molar-refractivity contribution is 7.92. The molecule has 44 heavy (non-hydrogen) atoms. The Balaban J connectivity index is 1.45. The molecule has 2 aromatic heterocycles. The Hall–Kier alpha value is -4.11. The third-order valence-corrected chi connectivity index (χ3v) is 10.0. The number of alkyl halides is 3. The average molecular weight is 651 g/mol. The van der Waals surface area contributed by atoms with Gasteiger partial charge in [0, 0.05) is 29.9 Å². The zero-order chi connectivity index (χ0) is 31.6. The maximum Gasteiger partial charge on any atom is 0.390 e. The van der Waals surface area contributed by atoms with Crippen LogP contribution >= 0.6 is 11.3 Å². The fourth-order valence-electron chi connectivity index (χ4n) is 4.46.